The van der Waals surface area contributed by atoms with Gasteiger partial charge in [-0.1, -0.05) is 45.7 Å². The lowest BCUT2D eigenvalue weighted by molar-refractivity contribution is 0.552. The number of halogens is 2. The van der Waals surface area contributed by atoms with Gasteiger partial charge in [-0.05, 0) is 61.6 Å². The second-order valence-corrected chi connectivity index (χ2v) is 7.07. The first-order valence-corrected chi connectivity index (χ1v) is 8.86. The summed E-state index contributed by atoms with van der Waals surface area (Å²) in [4.78, 5) is 6.56. The molecule has 0 aliphatic heterocycles. The maximum absolute atomic E-state index is 6.59. The fraction of sp³-hybridized carbons (Fsp3) is 0.316. The molecule has 0 aromatic heterocycles. The van der Waals surface area contributed by atoms with E-state index in [0.717, 1.165) is 33.7 Å². The third-order valence-electron chi connectivity index (χ3n) is 3.78. The number of nitrogens with zero attached hydrogens (tertiary/aromatic N) is 2. The van der Waals surface area contributed by atoms with Crippen molar-refractivity contribution >= 4 is 39.6 Å². The molecule has 23 heavy (non-hydrogen) atoms. The molecule has 0 aliphatic rings. The molecule has 0 fully saturated rings. The average Bonchev–Trinajstić information content (AvgIpc) is 2.52. The van der Waals surface area contributed by atoms with Crippen molar-refractivity contribution in [3.8, 4) is 0 Å². The van der Waals surface area contributed by atoms with Crippen LogP contribution in [0.2, 0.25) is 5.02 Å². The van der Waals surface area contributed by atoms with Gasteiger partial charge in [-0.25, -0.2) is 4.99 Å². The fourth-order valence-corrected chi connectivity index (χ4v) is 2.80. The molecule has 0 aliphatic carbocycles. The second-order valence-electron chi connectivity index (χ2n) is 5.84. The van der Waals surface area contributed by atoms with Crippen molar-refractivity contribution in [2.45, 2.75) is 27.2 Å². The van der Waals surface area contributed by atoms with Crippen LogP contribution in [0.1, 0.15) is 29.2 Å². The summed E-state index contributed by atoms with van der Waals surface area (Å²) in [6.07, 6.45) is 2.63. The molecule has 0 amide bonds. The predicted octanol–water partition coefficient (Wildman–Crippen LogP) is 5.92. The summed E-state index contributed by atoms with van der Waals surface area (Å²) in [6.45, 7) is 7.18. The lowest BCUT2D eigenvalue weighted by atomic mass is 10.0. The molecular weight excluding hydrogens is 372 g/mol. The number of hydrogen-bond acceptors (Lipinski definition) is 1. The molecule has 0 radical (unpaired) electrons. The van der Waals surface area contributed by atoms with E-state index in [0.29, 0.717) is 0 Å². The standard InChI is InChI=1S/C19H22BrClN2/c1-5-23(4)12-22-18-9-13(2)8-16(19(18)21)11-15-6-7-17(20)14(3)10-15/h6-10,12H,5,11H2,1-4H3/b22-12-. The van der Waals surface area contributed by atoms with Crippen LogP contribution in [-0.4, -0.2) is 24.8 Å². The summed E-state index contributed by atoms with van der Waals surface area (Å²) in [5, 5.41) is 0.733. The van der Waals surface area contributed by atoms with Crippen LogP contribution in [0.4, 0.5) is 5.69 Å². The van der Waals surface area contributed by atoms with Crippen LogP contribution in [0, 0.1) is 13.8 Å². The number of aliphatic imine (C=N–C) groups is 1. The van der Waals surface area contributed by atoms with E-state index in [-0.39, 0.29) is 0 Å². The molecule has 2 aromatic rings. The molecule has 0 N–H and O–H groups in total. The Kier molecular flexibility index (Phi) is 6.25. The Balaban J connectivity index is 2.33. The highest BCUT2D eigenvalue weighted by atomic mass is 79.9. The summed E-state index contributed by atoms with van der Waals surface area (Å²) in [5.74, 6) is 0. The molecule has 0 spiro atoms. The molecule has 0 bridgehead atoms. The summed E-state index contributed by atoms with van der Waals surface area (Å²) in [7, 11) is 2.00. The van der Waals surface area contributed by atoms with Crippen molar-refractivity contribution in [1.82, 2.24) is 4.90 Å². The van der Waals surface area contributed by atoms with Crippen LogP contribution >= 0.6 is 27.5 Å². The van der Waals surface area contributed by atoms with Gasteiger partial charge in [-0.15, -0.1) is 0 Å². The van der Waals surface area contributed by atoms with E-state index >= 15 is 0 Å². The third kappa shape index (κ3) is 4.82. The van der Waals surface area contributed by atoms with Crippen molar-refractivity contribution in [3.05, 3.63) is 62.1 Å². The second kappa shape index (κ2) is 7.98. The van der Waals surface area contributed by atoms with Gasteiger partial charge < -0.3 is 4.90 Å². The molecule has 0 atom stereocenters. The van der Waals surface area contributed by atoms with Gasteiger partial charge in [0.1, 0.15) is 0 Å². The molecule has 0 saturated heterocycles. The van der Waals surface area contributed by atoms with E-state index in [2.05, 4.69) is 66.0 Å². The van der Waals surface area contributed by atoms with E-state index in [1.807, 2.05) is 24.4 Å². The zero-order valence-corrected chi connectivity index (χ0v) is 16.4. The van der Waals surface area contributed by atoms with E-state index in [1.54, 1.807) is 0 Å². The van der Waals surface area contributed by atoms with Crippen LogP contribution in [0.3, 0.4) is 0 Å². The van der Waals surface area contributed by atoms with Crippen molar-refractivity contribution in [2.75, 3.05) is 13.6 Å². The molecule has 122 valence electrons. The summed E-state index contributed by atoms with van der Waals surface area (Å²) < 4.78 is 1.13. The van der Waals surface area contributed by atoms with Gasteiger partial charge in [-0.3, -0.25) is 0 Å². The Morgan fingerprint density at radius 1 is 1.22 bits per heavy atom. The van der Waals surface area contributed by atoms with Crippen molar-refractivity contribution in [1.29, 1.82) is 0 Å². The zero-order valence-electron chi connectivity index (χ0n) is 14.0. The van der Waals surface area contributed by atoms with E-state index in [1.165, 1.54) is 16.7 Å². The van der Waals surface area contributed by atoms with Gasteiger partial charge in [0.15, 0.2) is 0 Å². The minimum absolute atomic E-state index is 0.733. The van der Waals surface area contributed by atoms with Gasteiger partial charge in [0, 0.05) is 18.1 Å². The summed E-state index contributed by atoms with van der Waals surface area (Å²) in [5.41, 5.74) is 5.59. The highest BCUT2D eigenvalue weighted by molar-refractivity contribution is 9.10. The average molecular weight is 394 g/mol. The Bertz CT molecular complexity index is 726. The van der Waals surface area contributed by atoms with Gasteiger partial charge >= 0.3 is 0 Å². The van der Waals surface area contributed by atoms with Crippen LogP contribution in [0.15, 0.2) is 39.8 Å². The predicted molar refractivity (Wildman–Crippen MR) is 104 cm³/mol. The van der Waals surface area contributed by atoms with Crippen LogP contribution < -0.4 is 0 Å². The van der Waals surface area contributed by atoms with Gasteiger partial charge in [-0.2, -0.15) is 0 Å². The zero-order chi connectivity index (χ0) is 17.0. The van der Waals surface area contributed by atoms with E-state index in [4.69, 9.17) is 11.6 Å². The third-order valence-corrected chi connectivity index (χ3v) is 5.11. The molecule has 2 nitrogen and oxygen atoms in total. The SMILES string of the molecule is CCN(C)/C=N\c1cc(C)cc(Cc2ccc(Br)c(C)c2)c1Cl. The highest BCUT2D eigenvalue weighted by Crippen LogP contribution is 2.32. The molecule has 4 heteroatoms. The first-order chi connectivity index (χ1) is 10.9. The lowest BCUT2D eigenvalue weighted by Gasteiger charge is -2.12. The first kappa shape index (κ1) is 18.0. The van der Waals surface area contributed by atoms with E-state index < -0.39 is 0 Å². The Labute approximate surface area is 152 Å². The van der Waals surface area contributed by atoms with Gasteiger partial charge in [0.25, 0.3) is 0 Å². The number of rotatable bonds is 5. The van der Waals surface area contributed by atoms with Gasteiger partial charge in [0.2, 0.25) is 0 Å². The van der Waals surface area contributed by atoms with E-state index in [9.17, 15) is 0 Å². The Morgan fingerprint density at radius 2 is 1.96 bits per heavy atom. The summed E-state index contributed by atoms with van der Waals surface area (Å²) >= 11 is 10.1. The quantitative estimate of drug-likeness (QED) is 0.454. The fourth-order valence-electron chi connectivity index (χ4n) is 2.33. The molecule has 0 unspecified atom stereocenters. The summed E-state index contributed by atoms with van der Waals surface area (Å²) in [6, 6.07) is 10.6. The maximum atomic E-state index is 6.59. The number of benzene rings is 2. The lowest BCUT2D eigenvalue weighted by Crippen LogP contribution is -2.14. The number of aryl methyl sites for hydroxylation is 2. The molecule has 0 heterocycles. The van der Waals surface area contributed by atoms with Crippen molar-refractivity contribution in [2.24, 2.45) is 4.99 Å². The maximum Gasteiger partial charge on any atom is 0.0910 e. The Hall–Kier alpha value is -1.32. The van der Waals surface area contributed by atoms with Crippen molar-refractivity contribution in [3.63, 3.8) is 0 Å². The first-order valence-electron chi connectivity index (χ1n) is 7.69. The van der Waals surface area contributed by atoms with Gasteiger partial charge in [0.05, 0.1) is 17.0 Å². The molecular formula is C19H22BrClN2. The molecule has 2 aromatic carbocycles. The molecule has 0 saturated carbocycles. The highest BCUT2D eigenvalue weighted by Gasteiger charge is 2.09. The van der Waals surface area contributed by atoms with Crippen LogP contribution in [-0.2, 0) is 6.42 Å². The largest absolute Gasteiger partial charge is 0.366 e. The Morgan fingerprint density at radius 3 is 2.61 bits per heavy atom. The van der Waals surface area contributed by atoms with Crippen LogP contribution in [0.5, 0.6) is 0 Å². The monoisotopic (exact) mass is 392 g/mol. The molecule has 2 rings (SSSR count). The minimum Gasteiger partial charge on any atom is -0.366 e. The topological polar surface area (TPSA) is 15.6 Å². The smallest absolute Gasteiger partial charge is 0.0910 e. The van der Waals surface area contributed by atoms with Crippen molar-refractivity contribution < 1.29 is 0 Å². The number of hydrogen-bond donors (Lipinski definition) is 0. The normalized spacial score (nSPS) is 11.2. The minimum atomic E-state index is 0.733. The van der Waals surface area contributed by atoms with Crippen LogP contribution in [0.25, 0.3) is 0 Å².